The molecule has 0 radical (unpaired) electrons. The molecule has 0 saturated carbocycles. The Morgan fingerprint density at radius 2 is 2.11 bits per heavy atom. The third-order valence-corrected chi connectivity index (χ3v) is 3.61. The summed E-state index contributed by atoms with van der Waals surface area (Å²) >= 11 is 3.29. The van der Waals surface area contributed by atoms with Crippen LogP contribution in [-0.4, -0.2) is 23.8 Å². The van der Waals surface area contributed by atoms with Crippen LogP contribution >= 0.6 is 15.9 Å². The molecule has 4 nitrogen and oxygen atoms in total. The summed E-state index contributed by atoms with van der Waals surface area (Å²) < 4.78 is 4.63. The van der Waals surface area contributed by atoms with Crippen LogP contribution in [0.15, 0.2) is 18.2 Å². The summed E-state index contributed by atoms with van der Waals surface area (Å²) in [6.07, 6.45) is 0.713. The summed E-state index contributed by atoms with van der Waals surface area (Å²) in [4.78, 5) is 22.8. The Hall–Kier alpha value is -1.36. The highest BCUT2D eigenvalue weighted by atomic mass is 79.9. The normalized spacial score (nSPS) is 11.8. The first-order valence-corrected chi connectivity index (χ1v) is 6.55. The summed E-state index contributed by atoms with van der Waals surface area (Å²) in [5, 5.41) is 2.81. The molecule has 0 heterocycles. The largest absolute Gasteiger partial charge is 0.465 e. The fourth-order valence-electron chi connectivity index (χ4n) is 1.45. The molecule has 0 aromatic heterocycles. The van der Waals surface area contributed by atoms with Gasteiger partial charge in [0.05, 0.1) is 17.5 Å². The van der Waals surface area contributed by atoms with Gasteiger partial charge in [0.15, 0.2) is 0 Å². The summed E-state index contributed by atoms with van der Waals surface area (Å²) in [6, 6.07) is 5.02. The molecule has 1 N–H and O–H groups in total. The van der Waals surface area contributed by atoms with Crippen LogP contribution in [0.5, 0.6) is 0 Å². The van der Waals surface area contributed by atoms with Gasteiger partial charge in [-0.3, -0.25) is 4.79 Å². The minimum Gasteiger partial charge on any atom is -0.465 e. The van der Waals surface area contributed by atoms with Crippen LogP contribution < -0.4 is 5.32 Å². The molecule has 0 bridgehead atoms. The number of halogens is 1. The van der Waals surface area contributed by atoms with Crippen LogP contribution in [0.4, 0.5) is 5.69 Å². The van der Waals surface area contributed by atoms with Crippen molar-refractivity contribution >= 4 is 33.5 Å². The maximum absolute atomic E-state index is 11.7. The van der Waals surface area contributed by atoms with Gasteiger partial charge in [0, 0.05) is 5.69 Å². The molecule has 98 valence electrons. The van der Waals surface area contributed by atoms with Crippen molar-refractivity contribution in [2.24, 2.45) is 0 Å². The van der Waals surface area contributed by atoms with Gasteiger partial charge in [0.1, 0.15) is 0 Å². The maximum atomic E-state index is 11.7. The van der Waals surface area contributed by atoms with Crippen LogP contribution in [0.3, 0.4) is 0 Å². The Bertz CT molecular complexity index is 460. The van der Waals surface area contributed by atoms with E-state index in [4.69, 9.17) is 0 Å². The number of carbonyl (C=O) groups is 2. The third-order valence-electron chi connectivity index (χ3n) is 2.55. The Kier molecular flexibility index (Phi) is 5.34. The fraction of sp³-hybridized carbons (Fsp3) is 0.385. The molecule has 0 spiro atoms. The van der Waals surface area contributed by atoms with E-state index in [-0.39, 0.29) is 16.7 Å². The van der Waals surface area contributed by atoms with Gasteiger partial charge in [0.25, 0.3) is 0 Å². The molecular formula is C13H16BrNO3. The Labute approximate surface area is 115 Å². The SMILES string of the molecule is CCC(Br)C(=O)Nc1ccc(C(=O)OC)cc1C. The zero-order valence-electron chi connectivity index (χ0n) is 10.6. The van der Waals surface area contributed by atoms with Gasteiger partial charge in [0.2, 0.25) is 5.91 Å². The lowest BCUT2D eigenvalue weighted by Crippen LogP contribution is -2.22. The Balaban J connectivity index is 2.86. The second kappa shape index (κ2) is 6.54. The molecule has 1 rings (SSSR count). The van der Waals surface area contributed by atoms with Crippen molar-refractivity contribution in [1.82, 2.24) is 0 Å². The van der Waals surface area contributed by atoms with Gasteiger partial charge in [-0.1, -0.05) is 22.9 Å². The molecule has 1 aromatic rings. The first-order valence-electron chi connectivity index (χ1n) is 5.63. The van der Waals surface area contributed by atoms with Crippen molar-refractivity contribution in [2.45, 2.75) is 25.1 Å². The number of hydrogen-bond donors (Lipinski definition) is 1. The molecule has 1 aromatic carbocycles. The van der Waals surface area contributed by atoms with E-state index in [2.05, 4.69) is 26.0 Å². The van der Waals surface area contributed by atoms with E-state index in [0.717, 1.165) is 5.56 Å². The van der Waals surface area contributed by atoms with Gasteiger partial charge in [-0.25, -0.2) is 4.79 Å². The number of anilines is 1. The molecular weight excluding hydrogens is 298 g/mol. The van der Waals surface area contributed by atoms with Crippen LogP contribution in [0.25, 0.3) is 0 Å². The number of esters is 1. The minimum absolute atomic E-state index is 0.0913. The molecule has 5 heteroatoms. The fourth-order valence-corrected chi connectivity index (χ4v) is 1.56. The van der Waals surface area contributed by atoms with E-state index < -0.39 is 0 Å². The van der Waals surface area contributed by atoms with E-state index in [1.807, 2.05) is 13.8 Å². The molecule has 0 saturated heterocycles. The first-order chi connectivity index (χ1) is 8.49. The zero-order valence-corrected chi connectivity index (χ0v) is 12.2. The Morgan fingerprint density at radius 1 is 1.44 bits per heavy atom. The topological polar surface area (TPSA) is 55.4 Å². The van der Waals surface area contributed by atoms with Crippen molar-refractivity contribution < 1.29 is 14.3 Å². The van der Waals surface area contributed by atoms with E-state index >= 15 is 0 Å². The first kappa shape index (κ1) is 14.7. The summed E-state index contributed by atoms with van der Waals surface area (Å²) in [7, 11) is 1.34. The number of nitrogens with one attached hydrogen (secondary N) is 1. The minimum atomic E-state index is -0.386. The lowest BCUT2D eigenvalue weighted by Gasteiger charge is -2.11. The maximum Gasteiger partial charge on any atom is 0.337 e. The van der Waals surface area contributed by atoms with Crippen LogP contribution in [0.2, 0.25) is 0 Å². The number of rotatable bonds is 4. The lowest BCUT2D eigenvalue weighted by molar-refractivity contribution is -0.115. The van der Waals surface area contributed by atoms with Crippen LogP contribution in [-0.2, 0) is 9.53 Å². The van der Waals surface area contributed by atoms with E-state index in [1.165, 1.54) is 7.11 Å². The number of hydrogen-bond acceptors (Lipinski definition) is 3. The molecule has 18 heavy (non-hydrogen) atoms. The average molecular weight is 314 g/mol. The van der Waals surface area contributed by atoms with Gasteiger partial charge in [-0.05, 0) is 37.1 Å². The van der Waals surface area contributed by atoms with Crippen molar-refractivity contribution in [1.29, 1.82) is 0 Å². The summed E-state index contributed by atoms with van der Waals surface area (Å²) in [5.41, 5.74) is 1.99. The molecule has 0 fully saturated rings. The molecule has 0 aliphatic rings. The molecule has 1 unspecified atom stereocenters. The second-order valence-electron chi connectivity index (χ2n) is 3.89. The number of aryl methyl sites for hydroxylation is 1. The molecule has 1 atom stereocenters. The van der Waals surface area contributed by atoms with Crippen molar-refractivity contribution in [3.63, 3.8) is 0 Å². The number of amides is 1. The van der Waals surface area contributed by atoms with Gasteiger partial charge in [-0.15, -0.1) is 0 Å². The van der Waals surface area contributed by atoms with Crippen LogP contribution in [0, 0.1) is 6.92 Å². The monoisotopic (exact) mass is 313 g/mol. The number of alkyl halides is 1. The van der Waals surface area contributed by atoms with Crippen molar-refractivity contribution in [2.75, 3.05) is 12.4 Å². The van der Waals surface area contributed by atoms with Gasteiger partial charge in [-0.2, -0.15) is 0 Å². The van der Waals surface area contributed by atoms with E-state index in [0.29, 0.717) is 17.7 Å². The summed E-state index contributed by atoms with van der Waals surface area (Å²) in [5.74, 6) is -0.477. The summed E-state index contributed by atoms with van der Waals surface area (Å²) in [6.45, 7) is 3.75. The number of ether oxygens (including phenoxy) is 1. The standard InChI is InChI=1S/C13H16BrNO3/c1-4-10(14)12(16)15-11-6-5-9(7-8(11)2)13(17)18-3/h5-7,10H,4H2,1-3H3,(H,15,16). The number of methoxy groups -OCH3 is 1. The highest BCUT2D eigenvalue weighted by Gasteiger charge is 2.14. The smallest absolute Gasteiger partial charge is 0.337 e. The second-order valence-corrected chi connectivity index (χ2v) is 4.99. The highest BCUT2D eigenvalue weighted by molar-refractivity contribution is 9.10. The zero-order chi connectivity index (χ0) is 13.7. The highest BCUT2D eigenvalue weighted by Crippen LogP contribution is 2.18. The number of carbonyl (C=O) groups excluding carboxylic acids is 2. The lowest BCUT2D eigenvalue weighted by atomic mass is 10.1. The Morgan fingerprint density at radius 3 is 2.61 bits per heavy atom. The van der Waals surface area contributed by atoms with E-state index in [9.17, 15) is 9.59 Å². The van der Waals surface area contributed by atoms with Crippen molar-refractivity contribution in [3.05, 3.63) is 29.3 Å². The van der Waals surface area contributed by atoms with Crippen molar-refractivity contribution in [3.8, 4) is 0 Å². The molecule has 0 aliphatic carbocycles. The third kappa shape index (κ3) is 3.57. The quantitative estimate of drug-likeness (QED) is 0.687. The van der Waals surface area contributed by atoms with Gasteiger partial charge >= 0.3 is 5.97 Å². The average Bonchev–Trinajstić information content (AvgIpc) is 2.38. The number of benzene rings is 1. The van der Waals surface area contributed by atoms with E-state index in [1.54, 1.807) is 18.2 Å². The van der Waals surface area contributed by atoms with Crippen LogP contribution in [0.1, 0.15) is 29.3 Å². The molecule has 0 aliphatic heterocycles. The predicted octanol–water partition coefficient (Wildman–Crippen LogP) is 2.89. The predicted molar refractivity (Wildman–Crippen MR) is 74.2 cm³/mol. The van der Waals surface area contributed by atoms with Gasteiger partial charge < -0.3 is 10.1 Å². The molecule has 1 amide bonds.